The molecule has 0 aliphatic heterocycles. The minimum atomic E-state index is -4.59. The molecule has 0 radical (unpaired) electrons. The number of hydrogen-bond donors (Lipinski definition) is 2. The summed E-state index contributed by atoms with van der Waals surface area (Å²) in [5, 5.41) is 5.70. The summed E-state index contributed by atoms with van der Waals surface area (Å²) in [6.45, 7) is 4.71. The van der Waals surface area contributed by atoms with Crippen molar-refractivity contribution in [3.8, 4) is 5.75 Å². The molecule has 3 rings (SSSR count). The maximum absolute atomic E-state index is 13.4. The standard InChI is InChI=1S/C21H20F3IN4O/c1-13(2)12-30-15-9-7-14(8-10-15)27-20-26-11-16(21(22,23)24)19(29-20)28-18-6-4-3-5-17(18)25/h3-11,13H,12H2,1-2H3,(H2,26,27,28,29). The second-order valence-electron chi connectivity index (χ2n) is 6.91. The third kappa shape index (κ3) is 5.97. The van der Waals surface area contributed by atoms with Gasteiger partial charge in [-0.3, -0.25) is 0 Å². The van der Waals surface area contributed by atoms with Crippen molar-refractivity contribution in [2.45, 2.75) is 20.0 Å². The van der Waals surface area contributed by atoms with Crippen molar-refractivity contribution in [2.24, 2.45) is 5.92 Å². The van der Waals surface area contributed by atoms with Crippen LogP contribution in [0.25, 0.3) is 0 Å². The van der Waals surface area contributed by atoms with E-state index in [1.165, 1.54) is 0 Å². The molecule has 0 aliphatic carbocycles. The van der Waals surface area contributed by atoms with Crippen LogP contribution in [0.4, 0.5) is 36.3 Å². The van der Waals surface area contributed by atoms with Crippen molar-refractivity contribution in [3.63, 3.8) is 0 Å². The molecule has 2 N–H and O–H groups in total. The maximum Gasteiger partial charge on any atom is 0.421 e. The average Bonchev–Trinajstić information content (AvgIpc) is 2.68. The molecule has 0 saturated carbocycles. The molecular weight excluding hydrogens is 508 g/mol. The molecule has 9 heteroatoms. The highest BCUT2D eigenvalue weighted by Crippen LogP contribution is 2.36. The molecule has 3 aromatic rings. The topological polar surface area (TPSA) is 59.1 Å². The van der Waals surface area contributed by atoms with E-state index in [4.69, 9.17) is 4.74 Å². The van der Waals surface area contributed by atoms with Crippen molar-refractivity contribution >= 4 is 45.7 Å². The van der Waals surface area contributed by atoms with Crippen molar-refractivity contribution in [2.75, 3.05) is 17.2 Å². The highest BCUT2D eigenvalue weighted by molar-refractivity contribution is 14.1. The average molecular weight is 528 g/mol. The molecule has 158 valence electrons. The lowest BCUT2D eigenvalue weighted by molar-refractivity contribution is -0.137. The van der Waals surface area contributed by atoms with E-state index in [1.54, 1.807) is 48.5 Å². The van der Waals surface area contributed by atoms with Gasteiger partial charge in [-0.05, 0) is 64.9 Å². The zero-order valence-corrected chi connectivity index (χ0v) is 18.5. The van der Waals surface area contributed by atoms with Crippen molar-refractivity contribution in [1.82, 2.24) is 9.97 Å². The Labute approximate surface area is 186 Å². The highest BCUT2D eigenvalue weighted by atomic mass is 127. The molecule has 2 aromatic carbocycles. The number of nitrogens with zero attached hydrogens (tertiary/aromatic N) is 2. The van der Waals surface area contributed by atoms with Crippen LogP contribution in [-0.4, -0.2) is 16.6 Å². The summed E-state index contributed by atoms with van der Waals surface area (Å²) >= 11 is 2.05. The molecule has 0 unspecified atom stereocenters. The first kappa shape index (κ1) is 22.1. The summed E-state index contributed by atoms with van der Waals surface area (Å²) in [5.74, 6) is 0.846. The fourth-order valence-corrected chi connectivity index (χ4v) is 2.98. The smallest absolute Gasteiger partial charge is 0.421 e. The van der Waals surface area contributed by atoms with Gasteiger partial charge in [0.25, 0.3) is 0 Å². The fourth-order valence-electron chi connectivity index (χ4n) is 2.46. The lowest BCUT2D eigenvalue weighted by atomic mass is 10.2. The van der Waals surface area contributed by atoms with Gasteiger partial charge in [0.15, 0.2) is 0 Å². The third-order valence-corrected chi connectivity index (χ3v) is 4.86. The summed E-state index contributed by atoms with van der Waals surface area (Å²) in [7, 11) is 0. The molecule has 0 fully saturated rings. The van der Waals surface area contributed by atoms with Crippen molar-refractivity contribution < 1.29 is 17.9 Å². The number of halogens is 4. The molecule has 0 bridgehead atoms. The van der Waals surface area contributed by atoms with E-state index < -0.39 is 11.7 Å². The number of benzene rings is 2. The van der Waals surface area contributed by atoms with Gasteiger partial charge in [-0.1, -0.05) is 26.0 Å². The second-order valence-corrected chi connectivity index (χ2v) is 8.07. The highest BCUT2D eigenvalue weighted by Gasteiger charge is 2.35. The number of para-hydroxylation sites is 1. The Morgan fingerprint density at radius 2 is 1.73 bits per heavy atom. The summed E-state index contributed by atoms with van der Waals surface area (Å²) in [6, 6.07) is 14.1. The molecule has 5 nitrogen and oxygen atoms in total. The molecule has 0 amide bonds. The van der Waals surface area contributed by atoms with Crippen LogP contribution in [0.3, 0.4) is 0 Å². The van der Waals surface area contributed by atoms with Gasteiger partial charge < -0.3 is 15.4 Å². The van der Waals surface area contributed by atoms with Gasteiger partial charge in [0.05, 0.1) is 12.3 Å². The van der Waals surface area contributed by atoms with Crippen LogP contribution in [0.1, 0.15) is 19.4 Å². The van der Waals surface area contributed by atoms with Gasteiger partial charge in [-0.2, -0.15) is 18.2 Å². The second kappa shape index (κ2) is 9.50. The maximum atomic E-state index is 13.4. The molecule has 0 atom stereocenters. The number of alkyl halides is 3. The Morgan fingerprint density at radius 1 is 1.03 bits per heavy atom. The van der Waals surface area contributed by atoms with E-state index in [9.17, 15) is 13.2 Å². The first-order chi connectivity index (χ1) is 14.2. The van der Waals surface area contributed by atoms with Crippen LogP contribution >= 0.6 is 22.6 Å². The van der Waals surface area contributed by atoms with Gasteiger partial charge in [0, 0.05) is 15.5 Å². The van der Waals surface area contributed by atoms with E-state index >= 15 is 0 Å². The Kier molecular flexibility index (Phi) is 7.01. The first-order valence-corrected chi connectivity index (χ1v) is 10.3. The number of hydrogen-bond acceptors (Lipinski definition) is 5. The number of anilines is 4. The van der Waals surface area contributed by atoms with Gasteiger partial charge in [-0.25, -0.2) is 4.98 Å². The molecule has 0 saturated heterocycles. The Hall–Kier alpha value is -2.56. The van der Waals surface area contributed by atoms with E-state index in [-0.39, 0.29) is 11.8 Å². The Balaban J connectivity index is 1.83. The zero-order valence-electron chi connectivity index (χ0n) is 16.3. The lowest BCUT2D eigenvalue weighted by Crippen LogP contribution is -2.13. The molecule has 1 aromatic heterocycles. The Bertz CT molecular complexity index is 994. The summed E-state index contributed by atoms with van der Waals surface area (Å²) < 4.78 is 46.7. The number of rotatable bonds is 7. The van der Waals surface area contributed by atoms with E-state index in [0.717, 1.165) is 9.77 Å². The summed E-state index contributed by atoms with van der Waals surface area (Å²) in [4.78, 5) is 7.90. The largest absolute Gasteiger partial charge is 0.493 e. The number of nitrogens with one attached hydrogen (secondary N) is 2. The van der Waals surface area contributed by atoms with Crippen molar-refractivity contribution in [1.29, 1.82) is 0 Å². The molecule has 0 spiro atoms. The first-order valence-electron chi connectivity index (χ1n) is 9.18. The van der Waals surface area contributed by atoms with E-state index in [0.29, 0.717) is 29.6 Å². The summed E-state index contributed by atoms with van der Waals surface area (Å²) in [6.07, 6.45) is -3.82. The normalized spacial score (nSPS) is 11.4. The van der Waals surface area contributed by atoms with Crippen LogP contribution in [0, 0.1) is 9.49 Å². The van der Waals surface area contributed by atoms with Crippen LogP contribution in [-0.2, 0) is 6.18 Å². The van der Waals surface area contributed by atoms with Gasteiger partial charge >= 0.3 is 6.18 Å². The van der Waals surface area contributed by atoms with Crippen molar-refractivity contribution in [3.05, 3.63) is 63.9 Å². The number of ether oxygens (including phenoxy) is 1. The molecule has 30 heavy (non-hydrogen) atoms. The van der Waals surface area contributed by atoms with E-state index in [1.807, 2.05) is 22.6 Å². The minimum absolute atomic E-state index is 0.0484. The lowest BCUT2D eigenvalue weighted by Gasteiger charge is -2.15. The number of aromatic nitrogens is 2. The van der Waals surface area contributed by atoms with E-state index in [2.05, 4.69) is 34.4 Å². The Morgan fingerprint density at radius 3 is 2.37 bits per heavy atom. The molecule has 1 heterocycles. The van der Waals surface area contributed by atoms with Crippen LogP contribution in [0.2, 0.25) is 0 Å². The van der Waals surface area contributed by atoms with Crippen LogP contribution in [0.15, 0.2) is 54.7 Å². The summed E-state index contributed by atoms with van der Waals surface area (Å²) in [5.41, 5.74) is 0.219. The zero-order chi connectivity index (χ0) is 21.7. The SMILES string of the molecule is CC(C)COc1ccc(Nc2ncc(C(F)(F)F)c(Nc3ccccc3I)n2)cc1. The van der Waals surface area contributed by atoms with Gasteiger partial charge in [0.1, 0.15) is 17.1 Å². The quantitative estimate of drug-likeness (QED) is 0.338. The molecular formula is C21H20F3IN4O. The predicted molar refractivity (Wildman–Crippen MR) is 120 cm³/mol. The molecule has 0 aliphatic rings. The predicted octanol–water partition coefficient (Wildman–Crippen LogP) is 6.62. The van der Waals surface area contributed by atoms with Gasteiger partial charge in [0.2, 0.25) is 5.95 Å². The third-order valence-electron chi connectivity index (χ3n) is 3.91. The minimum Gasteiger partial charge on any atom is -0.493 e. The van der Waals surface area contributed by atoms with Crippen LogP contribution < -0.4 is 15.4 Å². The van der Waals surface area contributed by atoms with Gasteiger partial charge in [-0.15, -0.1) is 0 Å². The fraction of sp³-hybridized carbons (Fsp3) is 0.238. The monoisotopic (exact) mass is 528 g/mol. The van der Waals surface area contributed by atoms with Crippen LogP contribution in [0.5, 0.6) is 5.75 Å².